The molecule has 7 heteroatoms. The second-order valence-electron chi connectivity index (χ2n) is 4.77. The number of carbonyl (C=O) groups excluding carboxylic acids is 2. The second-order valence-corrected chi connectivity index (χ2v) is 4.77. The van der Waals surface area contributed by atoms with Crippen molar-refractivity contribution >= 4 is 22.8 Å². The number of pyridine rings is 2. The molecule has 0 saturated carbocycles. The molecule has 0 aliphatic carbocycles. The molecule has 23 heavy (non-hydrogen) atoms. The van der Waals surface area contributed by atoms with Gasteiger partial charge in [-0.2, -0.15) is 0 Å². The fraction of sp³-hybridized carbons (Fsp3) is 0.375. The van der Waals surface area contributed by atoms with E-state index in [0.717, 1.165) is 5.39 Å². The molecule has 0 aliphatic rings. The van der Waals surface area contributed by atoms with Gasteiger partial charge in [-0.25, -0.2) is 14.6 Å². The quantitative estimate of drug-likeness (QED) is 0.750. The van der Waals surface area contributed by atoms with E-state index in [1.165, 1.54) is 13.2 Å². The summed E-state index contributed by atoms with van der Waals surface area (Å²) in [5.74, 6) is -1.39. The normalized spacial score (nSPS) is 13.3. The van der Waals surface area contributed by atoms with Crippen molar-refractivity contribution in [3.8, 4) is 0 Å². The van der Waals surface area contributed by atoms with Crippen LogP contribution in [0.4, 0.5) is 0 Å². The van der Waals surface area contributed by atoms with E-state index < -0.39 is 24.1 Å². The summed E-state index contributed by atoms with van der Waals surface area (Å²) in [6.07, 6.45) is 1.45. The fourth-order valence-electron chi connectivity index (χ4n) is 2.06. The lowest BCUT2D eigenvalue weighted by molar-refractivity contribution is -0.158. The molecule has 0 aromatic carbocycles. The van der Waals surface area contributed by atoms with E-state index in [-0.39, 0.29) is 5.69 Å². The van der Waals surface area contributed by atoms with Crippen molar-refractivity contribution in [3.05, 3.63) is 36.3 Å². The molecule has 0 amide bonds. The van der Waals surface area contributed by atoms with Crippen molar-refractivity contribution in [2.75, 3.05) is 13.7 Å². The molecule has 2 heterocycles. The number of nitrogens with zero attached hydrogens (tertiary/aromatic N) is 2. The number of methoxy groups -OCH3 is 1. The summed E-state index contributed by atoms with van der Waals surface area (Å²) >= 11 is 0. The zero-order valence-corrected chi connectivity index (χ0v) is 13.2. The van der Waals surface area contributed by atoms with Crippen LogP contribution >= 0.6 is 0 Å². The minimum absolute atomic E-state index is 0.0984. The highest BCUT2D eigenvalue weighted by molar-refractivity contribution is 5.92. The molecular formula is C16H18N2O5. The van der Waals surface area contributed by atoms with Gasteiger partial charge in [0.1, 0.15) is 11.8 Å². The predicted molar refractivity (Wildman–Crippen MR) is 81.8 cm³/mol. The minimum Gasteiger partial charge on any atom is -0.466 e. The Morgan fingerprint density at radius 3 is 2.74 bits per heavy atom. The van der Waals surface area contributed by atoms with Crippen molar-refractivity contribution in [1.29, 1.82) is 0 Å². The van der Waals surface area contributed by atoms with E-state index in [0.29, 0.717) is 12.1 Å². The van der Waals surface area contributed by atoms with Gasteiger partial charge in [0.2, 0.25) is 6.10 Å². The molecule has 0 fully saturated rings. The first-order chi connectivity index (χ1) is 11.1. The van der Waals surface area contributed by atoms with Crippen LogP contribution in [0.2, 0.25) is 0 Å². The summed E-state index contributed by atoms with van der Waals surface area (Å²) in [6.45, 7) is 3.80. The Balaban J connectivity index is 2.20. The largest absolute Gasteiger partial charge is 0.466 e. The van der Waals surface area contributed by atoms with Gasteiger partial charge < -0.3 is 14.2 Å². The van der Waals surface area contributed by atoms with E-state index in [9.17, 15) is 9.59 Å². The summed E-state index contributed by atoms with van der Waals surface area (Å²) in [5.41, 5.74) is 0.711. The predicted octanol–water partition coefficient (Wildman–Crippen LogP) is 1.75. The molecule has 2 atom stereocenters. The average molecular weight is 318 g/mol. The summed E-state index contributed by atoms with van der Waals surface area (Å²) in [5, 5.41) is 0.802. The number of carbonyl (C=O) groups is 2. The lowest BCUT2D eigenvalue weighted by atomic mass is 10.2. The molecule has 2 aromatic rings. The maximum Gasteiger partial charge on any atom is 0.357 e. The highest BCUT2D eigenvalue weighted by Crippen LogP contribution is 2.13. The molecule has 0 spiro atoms. The summed E-state index contributed by atoms with van der Waals surface area (Å²) in [6, 6.07) is 4.92. The molecule has 0 N–H and O–H groups in total. The molecule has 0 aliphatic heterocycles. The van der Waals surface area contributed by atoms with Crippen LogP contribution in [-0.2, 0) is 19.0 Å². The van der Waals surface area contributed by atoms with Crippen molar-refractivity contribution < 1.29 is 23.8 Å². The number of rotatable bonds is 6. The van der Waals surface area contributed by atoms with E-state index >= 15 is 0 Å². The van der Waals surface area contributed by atoms with Gasteiger partial charge >= 0.3 is 11.9 Å². The van der Waals surface area contributed by atoms with Gasteiger partial charge in [0.05, 0.1) is 12.6 Å². The van der Waals surface area contributed by atoms with E-state index in [2.05, 4.69) is 14.7 Å². The van der Waals surface area contributed by atoms with Crippen LogP contribution in [0.3, 0.4) is 0 Å². The van der Waals surface area contributed by atoms with Crippen LogP contribution in [0.15, 0.2) is 30.6 Å². The van der Waals surface area contributed by atoms with E-state index in [1.54, 1.807) is 38.4 Å². The van der Waals surface area contributed by atoms with E-state index in [1.807, 2.05) is 0 Å². The highest BCUT2D eigenvalue weighted by atomic mass is 16.6. The molecule has 122 valence electrons. The van der Waals surface area contributed by atoms with Crippen molar-refractivity contribution in [2.24, 2.45) is 0 Å². The molecule has 0 saturated heterocycles. The first kappa shape index (κ1) is 16.8. The van der Waals surface area contributed by atoms with Gasteiger partial charge in [-0.05, 0) is 32.0 Å². The Bertz CT molecular complexity index is 704. The lowest BCUT2D eigenvalue weighted by Gasteiger charge is -2.21. The Morgan fingerprint density at radius 1 is 1.26 bits per heavy atom. The number of hydrogen-bond donors (Lipinski definition) is 0. The number of ether oxygens (including phenoxy) is 3. The Labute approximate surface area is 133 Å². The molecule has 7 nitrogen and oxygen atoms in total. The zero-order valence-electron chi connectivity index (χ0n) is 13.2. The monoisotopic (exact) mass is 318 g/mol. The first-order valence-corrected chi connectivity index (χ1v) is 7.18. The third kappa shape index (κ3) is 4.01. The fourth-order valence-corrected chi connectivity index (χ4v) is 2.06. The van der Waals surface area contributed by atoms with Gasteiger partial charge in [-0.15, -0.1) is 0 Å². The Hall–Kier alpha value is -2.54. The van der Waals surface area contributed by atoms with Crippen molar-refractivity contribution in [2.45, 2.75) is 26.1 Å². The average Bonchev–Trinajstić information content (AvgIpc) is 2.58. The third-order valence-electron chi connectivity index (χ3n) is 3.22. The molecule has 0 bridgehead atoms. The summed E-state index contributed by atoms with van der Waals surface area (Å²) in [7, 11) is 1.23. The summed E-state index contributed by atoms with van der Waals surface area (Å²) < 4.78 is 15.2. The van der Waals surface area contributed by atoms with Gasteiger partial charge in [0, 0.05) is 24.4 Å². The second kappa shape index (κ2) is 7.64. The van der Waals surface area contributed by atoms with Gasteiger partial charge in [0.25, 0.3) is 0 Å². The van der Waals surface area contributed by atoms with Crippen LogP contribution in [-0.4, -0.2) is 47.8 Å². The number of hydrogen-bond acceptors (Lipinski definition) is 7. The number of esters is 2. The standard InChI is InChI=1S/C16H18N2O5/c1-4-22-10(2)14(16(20)21-3)23-15(19)13-6-5-11-9-17-8-7-12(11)18-13/h5-10,14H,4H2,1-3H3. The minimum atomic E-state index is -1.15. The molecule has 2 rings (SSSR count). The van der Waals surface area contributed by atoms with Gasteiger partial charge in [-0.1, -0.05) is 0 Å². The smallest absolute Gasteiger partial charge is 0.357 e. The van der Waals surface area contributed by atoms with Crippen LogP contribution in [0.5, 0.6) is 0 Å². The topological polar surface area (TPSA) is 87.6 Å². The molecular weight excluding hydrogens is 300 g/mol. The van der Waals surface area contributed by atoms with Crippen molar-refractivity contribution in [1.82, 2.24) is 9.97 Å². The first-order valence-electron chi connectivity index (χ1n) is 7.18. The Morgan fingerprint density at radius 2 is 2.04 bits per heavy atom. The van der Waals surface area contributed by atoms with Gasteiger partial charge in [0.15, 0.2) is 0 Å². The van der Waals surface area contributed by atoms with Gasteiger partial charge in [-0.3, -0.25) is 4.98 Å². The van der Waals surface area contributed by atoms with Crippen LogP contribution in [0, 0.1) is 0 Å². The molecule has 2 aromatic heterocycles. The third-order valence-corrected chi connectivity index (χ3v) is 3.22. The highest BCUT2D eigenvalue weighted by Gasteiger charge is 2.31. The maximum absolute atomic E-state index is 12.3. The molecule has 0 radical (unpaired) electrons. The molecule has 2 unspecified atom stereocenters. The van der Waals surface area contributed by atoms with Crippen molar-refractivity contribution in [3.63, 3.8) is 0 Å². The van der Waals surface area contributed by atoms with E-state index in [4.69, 9.17) is 9.47 Å². The van der Waals surface area contributed by atoms with Crippen LogP contribution in [0.1, 0.15) is 24.3 Å². The number of aromatic nitrogens is 2. The SMILES string of the molecule is CCOC(C)C(OC(=O)c1ccc2cnccc2n1)C(=O)OC. The maximum atomic E-state index is 12.3. The number of fused-ring (bicyclic) bond motifs is 1. The van der Waals surface area contributed by atoms with Crippen LogP contribution < -0.4 is 0 Å². The zero-order chi connectivity index (χ0) is 16.8. The lowest BCUT2D eigenvalue weighted by Crippen LogP contribution is -2.39. The Kier molecular flexibility index (Phi) is 5.59. The van der Waals surface area contributed by atoms with Crippen LogP contribution in [0.25, 0.3) is 10.9 Å². The summed E-state index contributed by atoms with van der Waals surface area (Å²) in [4.78, 5) is 32.3.